The van der Waals surface area contributed by atoms with Gasteiger partial charge < -0.3 is 0 Å². The highest BCUT2D eigenvalue weighted by Gasteiger charge is 2.13. The first-order valence-corrected chi connectivity index (χ1v) is 7.18. The molecule has 1 aliphatic heterocycles. The maximum absolute atomic E-state index is 10.3. The van der Waals surface area contributed by atoms with E-state index in [4.69, 9.17) is 11.6 Å². The van der Waals surface area contributed by atoms with E-state index in [-0.39, 0.29) is 0 Å². The Hall–Kier alpha value is -1.15. The number of isocyanates is 1. The van der Waals surface area contributed by atoms with Crippen LogP contribution in [0.15, 0.2) is 17.1 Å². The summed E-state index contributed by atoms with van der Waals surface area (Å²) in [5, 5.41) is 0.530. The van der Waals surface area contributed by atoms with Crippen molar-refractivity contribution in [2.24, 2.45) is 4.99 Å². The molecule has 0 aromatic heterocycles. The lowest BCUT2D eigenvalue weighted by atomic mass is 10.1. The van der Waals surface area contributed by atoms with Crippen molar-refractivity contribution in [1.82, 2.24) is 4.90 Å². The van der Waals surface area contributed by atoms with E-state index in [1.165, 1.54) is 24.5 Å². The predicted octanol–water partition coefficient (Wildman–Crippen LogP) is 4.24. The van der Waals surface area contributed by atoms with E-state index in [2.05, 4.69) is 9.89 Å². The second-order valence-electron chi connectivity index (χ2n) is 4.43. The summed E-state index contributed by atoms with van der Waals surface area (Å²) in [6.45, 7) is 9.15. The number of halogens is 1. The highest BCUT2D eigenvalue weighted by Crippen LogP contribution is 2.30. The van der Waals surface area contributed by atoms with Crippen LogP contribution in [0.3, 0.4) is 0 Å². The molecule has 0 unspecified atom stereocenters. The molecule has 0 N–H and O–H groups in total. The number of aryl methyl sites for hydroxylation is 1. The Kier molecular flexibility index (Phi) is 6.79. The average Bonchev–Trinajstić information content (AvgIpc) is 2.89. The quantitative estimate of drug-likeness (QED) is 0.613. The van der Waals surface area contributed by atoms with Crippen molar-refractivity contribution in [2.45, 2.75) is 40.2 Å². The molecule has 104 valence electrons. The zero-order chi connectivity index (χ0) is 14.3. The van der Waals surface area contributed by atoms with Crippen molar-refractivity contribution in [1.29, 1.82) is 0 Å². The maximum atomic E-state index is 10.3. The largest absolute Gasteiger partial charge is 0.299 e. The van der Waals surface area contributed by atoms with Gasteiger partial charge in [0.25, 0.3) is 0 Å². The molecule has 1 aliphatic rings. The van der Waals surface area contributed by atoms with Crippen molar-refractivity contribution in [2.75, 3.05) is 13.1 Å². The van der Waals surface area contributed by atoms with Crippen LogP contribution in [0.4, 0.5) is 5.69 Å². The van der Waals surface area contributed by atoms with Gasteiger partial charge in [0.2, 0.25) is 6.08 Å². The molecule has 0 spiro atoms. The Bertz CT molecular complexity index is 438. The highest BCUT2D eigenvalue weighted by molar-refractivity contribution is 6.33. The molecular formula is C15H21ClN2O. The molecule has 2 rings (SSSR count). The van der Waals surface area contributed by atoms with Crippen LogP contribution >= 0.6 is 11.6 Å². The summed E-state index contributed by atoms with van der Waals surface area (Å²) in [5.41, 5.74) is 2.64. The lowest BCUT2D eigenvalue weighted by Gasteiger charge is -2.15. The predicted molar refractivity (Wildman–Crippen MR) is 79.8 cm³/mol. The summed E-state index contributed by atoms with van der Waals surface area (Å²) >= 11 is 6.11. The van der Waals surface area contributed by atoms with Gasteiger partial charge in [0.15, 0.2) is 0 Å². The minimum absolute atomic E-state index is 0.530. The normalized spacial score (nSPS) is 14.5. The minimum Gasteiger partial charge on any atom is -0.299 e. The molecule has 0 bridgehead atoms. The van der Waals surface area contributed by atoms with Gasteiger partial charge in [-0.3, -0.25) is 4.90 Å². The van der Waals surface area contributed by atoms with Crippen LogP contribution in [-0.2, 0) is 11.3 Å². The van der Waals surface area contributed by atoms with E-state index in [1.54, 1.807) is 0 Å². The van der Waals surface area contributed by atoms with Gasteiger partial charge in [-0.1, -0.05) is 31.5 Å². The number of nitrogens with zero attached hydrogens (tertiary/aromatic N) is 2. The van der Waals surface area contributed by atoms with E-state index < -0.39 is 0 Å². The fourth-order valence-electron chi connectivity index (χ4n) is 2.29. The maximum Gasteiger partial charge on any atom is 0.240 e. The van der Waals surface area contributed by atoms with E-state index in [1.807, 2.05) is 32.9 Å². The molecule has 1 saturated heterocycles. The number of aliphatic imine (C=N–C) groups is 1. The summed E-state index contributed by atoms with van der Waals surface area (Å²) in [5.74, 6) is 0. The van der Waals surface area contributed by atoms with Gasteiger partial charge in [0, 0.05) is 6.54 Å². The third kappa shape index (κ3) is 4.46. The van der Waals surface area contributed by atoms with Gasteiger partial charge in [-0.05, 0) is 50.0 Å². The van der Waals surface area contributed by atoms with Crippen molar-refractivity contribution >= 4 is 23.4 Å². The number of hydrogen-bond acceptors (Lipinski definition) is 3. The van der Waals surface area contributed by atoms with Gasteiger partial charge in [-0.15, -0.1) is 0 Å². The Balaban J connectivity index is 0.000000861. The molecule has 1 heterocycles. The fraction of sp³-hybridized carbons (Fsp3) is 0.533. The van der Waals surface area contributed by atoms with Crippen LogP contribution in [0.2, 0.25) is 5.02 Å². The first-order chi connectivity index (χ1) is 9.20. The SMILES string of the molecule is CC.Cc1cc(CN2CCCC2)cc(Cl)c1N=C=O. The second-order valence-corrected chi connectivity index (χ2v) is 4.84. The van der Waals surface area contributed by atoms with Gasteiger partial charge in [0.05, 0.1) is 10.7 Å². The summed E-state index contributed by atoms with van der Waals surface area (Å²) in [7, 11) is 0. The van der Waals surface area contributed by atoms with Crippen molar-refractivity contribution in [3.05, 3.63) is 28.3 Å². The van der Waals surface area contributed by atoms with Gasteiger partial charge >= 0.3 is 0 Å². The fourth-order valence-corrected chi connectivity index (χ4v) is 2.62. The monoisotopic (exact) mass is 280 g/mol. The van der Waals surface area contributed by atoms with Crippen molar-refractivity contribution < 1.29 is 4.79 Å². The third-order valence-electron chi connectivity index (χ3n) is 3.08. The van der Waals surface area contributed by atoms with E-state index >= 15 is 0 Å². The molecule has 3 nitrogen and oxygen atoms in total. The summed E-state index contributed by atoms with van der Waals surface area (Å²) < 4.78 is 0. The number of hydrogen-bond donors (Lipinski definition) is 0. The minimum atomic E-state index is 0.530. The van der Waals surface area contributed by atoms with Crippen LogP contribution in [-0.4, -0.2) is 24.1 Å². The topological polar surface area (TPSA) is 32.7 Å². The number of benzene rings is 1. The number of rotatable bonds is 3. The number of likely N-dealkylation sites (tertiary alicyclic amines) is 1. The summed E-state index contributed by atoms with van der Waals surface area (Å²) in [6.07, 6.45) is 4.09. The van der Waals surface area contributed by atoms with E-state index in [0.717, 1.165) is 25.2 Å². The highest BCUT2D eigenvalue weighted by atomic mass is 35.5. The molecular weight excluding hydrogens is 260 g/mol. The van der Waals surface area contributed by atoms with Crippen molar-refractivity contribution in [3.63, 3.8) is 0 Å². The second kappa shape index (κ2) is 8.11. The smallest absolute Gasteiger partial charge is 0.240 e. The molecule has 1 fully saturated rings. The van der Waals surface area contributed by atoms with Crippen molar-refractivity contribution in [3.8, 4) is 0 Å². The first kappa shape index (κ1) is 15.9. The van der Waals surface area contributed by atoms with Crippen LogP contribution < -0.4 is 0 Å². The molecule has 1 aromatic carbocycles. The van der Waals surface area contributed by atoms with Crippen LogP contribution in [0.1, 0.15) is 37.8 Å². The zero-order valence-corrected chi connectivity index (χ0v) is 12.6. The van der Waals surface area contributed by atoms with E-state index in [0.29, 0.717) is 10.7 Å². The van der Waals surface area contributed by atoms with Gasteiger partial charge in [-0.2, -0.15) is 4.99 Å². The lowest BCUT2D eigenvalue weighted by Crippen LogP contribution is -2.18. The molecule has 19 heavy (non-hydrogen) atoms. The van der Waals surface area contributed by atoms with Crippen LogP contribution in [0.25, 0.3) is 0 Å². The van der Waals surface area contributed by atoms with Gasteiger partial charge in [-0.25, -0.2) is 4.79 Å². The van der Waals surface area contributed by atoms with E-state index in [9.17, 15) is 4.79 Å². The molecule has 0 saturated carbocycles. The standard InChI is InChI=1S/C13H15ClN2O.C2H6/c1-10-6-11(8-16-4-2-3-5-16)7-12(14)13(10)15-9-17;1-2/h6-7H,2-5,8H2,1H3;1-2H3. The molecule has 1 aromatic rings. The Morgan fingerprint density at radius 2 is 1.95 bits per heavy atom. The Labute approximate surface area is 120 Å². The van der Waals surface area contributed by atoms with Crippen LogP contribution in [0, 0.1) is 6.92 Å². The molecule has 4 heteroatoms. The Morgan fingerprint density at radius 3 is 2.47 bits per heavy atom. The summed E-state index contributed by atoms with van der Waals surface area (Å²) in [4.78, 5) is 16.3. The number of carbonyl (C=O) groups excluding carboxylic acids is 1. The molecule has 0 amide bonds. The van der Waals surface area contributed by atoms with Crippen LogP contribution in [0.5, 0.6) is 0 Å². The molecule has 0 aliphatic carbocycles. The third-order valence-corrected chi connectivity index (χ3v) is 3.36. The average molecular weight is 281 g/mol. The lowest BCUT2D eigenvalue weighted by molar-refractivity contribution is 0.331. The summed E-state index contributed by atoms with van der Waals surface area (Å²) in [6, 6.07) is 3.93. The zero-order valence-electron chi connectivity index (χ0n) is 11.9. The van der Waals surface area contributed by atoms with Gasteiger partial charge in [0.1, 0.15) is 0 Å². The molecule has 0 radical (unpaired) electrons. The first-order valence-electron chi connectivity index (χ1n) is 6.80. The molecule has 0 atom stereocenters. The Morgan fingerprint density at radius 1 is 1.32 bits per heavy atom.